The molecule has 1 aromatic heterocycles. The molecule has 4 aromatic rings. The van der Waals surface area contributed by atoms with Crippen LogP contribution in [0.15, 0.2) is 82.6 Å². The van der Waals surface area contributed by atoms with E-state index in [1.165, 1.54) is 16.6 Å². The van der Waals surface area contributed by atoms with Gasteiger partial charge in [0.15, 0.2) is 0 Å². The van der Waals surface area contributed by atoms with Gasteiger partial charge < -0.3 is 10.1 Å². The first kappa shape index (κ1) is 27.6. The number of anilines is 2. The number of thiazole rings is 1. The molecule has 3 aromatic carbocycles. The number of thioether (sulfide) groups is 1. The van der Waals surface area contributed by atoms with E-state index in [1.54, 1.807) is 72.8 Å². The summed E-state index contributed by atoms with van der Waals surface area (Å²) < 4.78 is 6.60. The van der Waals surface area contributed by atoms with E-state index in [-0.39, 0.29) is 23.2 Å². The molecule has 3 amide bonds. The quantitative estimate of drug-likeness (QED) is 0.278. The van der Waals surface area contributed by atoms with Crippen LogP contribution in [0.2, 0.25) is 10.0 Å². The Balaban J connectivity index is 1.39. The lowest BCUT2D eigenvalue weighted by Gasteiger charge is -2.30. The number of nitrogens with one attached hydrogen (secondary N) is 1. The number of aromatic nitrogens is 1. The van der Waals surface area contributed by atoms with Gasteiger partial charge >= 0.3 is 4.87 Å². The Morgan fingerprint density at radius 3 is 2.17 bits per heavy atom. The van der Waals surface area contributed by atoms with Gasteiger partial charge in [-0.05, 0) is 66.2 Å². The van der Waals surface area contributed by atoms with E-state index in [4.69, 9.17) is 27.9 Å². The highest BCUT2D eigenvalue weighted by atomic mass is 35.5. The fourth-order valence-electron chi connectivity index (χ4n) is 5.15. The largest absolute Gasteiger partial charge is 0.497 e. The molecule has 41 heavy (non-hydrogen) atoms. The van der Waals surface area contributed by atoms with Crippen LogP contribution in [0.5, 0.6) is 5.75 Å². The molecule has 8 nitrogen and oxygen atoms in total. The SMILES string of the molecule is COc1ccc(N2C(=O)C3Sc4c(sc(=O)n4CC(=O)Nc4ccc(Cl)cc4)C(c4ccc(Cl)cc4)C3C2=O)cc1. The van der Waals surface area contributed by atoms with Gasteiger partial charge in [-0.1, -0.05) is 58.4 Å². The van der Waals surface area contributed by atoms with E-state index in [2.05, 4.69) is 5.32 Å². The minimum Gasteiger partial charge on any atom is -0.497 e. The Morgan fingerprint density at radius 1 is 0.902 bits per heavy atom. The third-order valence-corrected chi connectivity index (χ3v) is 10.1. The summed E-state index contributed by atoms with van der Waals surface area (Å²) in [5, 5.41) is 3.54. The third kappa shape index (κ3) is 5.05. The highest BCUT2D eigenvalue weighted by Crippen LogP contribution is 2.54. The second-order valence-corrected chi connectivity index (χ2v) is 12.5. The molecule has 1 saturated heterocycles. The molecule has 6 rings (SSSR count). The van der Waals surface area contributed by atoms with E-state index in [0.29, 0.717) is 37.1 Å². The number of carbonyl (C=O) groups excluding carboxylic acids is 3. The van der Waals surface area contributed by atoms with Gasteiger partial charge in [-0.25, -0.2) is 4.90 Å². The standard InChI is InChI=1S/C29H21Cl2N3O5S2/c1-39-20-12-10-19(11-13-20)34-26(36)23-22(15-2-4-16(30)5-3-15)25-28(40-24(23)27(34)37)33(29(38)41-25)14-21(35)32-18-8-6-17(31)7-9-18/h2-13,22-24H,14H2,1H3,(H,32,35). The van der Waals surface area contributed by atoms with Gasteiger partial charge in [-0.3, -0.25) is 23.7 Å². The van der Waals surface area contributed by atoms with Crippen LogP contribution in [0.3, 0.4) is 0 Å². The van der Waals surface area contributed by atoms with Crippen LogP contribution in [0.25, 0.3) is 0 Å². The number of halogens is 2. The van der Waals surface area contributed by atoms with E-state index < -0.39 is 23.0 Å². The van der Waals surface area contributed by atoms with Crippen LogP contribution in [-0.4, -0.2) is 34.6 Å². The minimum atomic E-state index is -0.794. The molecule has 1 N–H and O–H groups in total. The van der Waals surface area contributed by atoms with Crippen LogP contribution in [0.1, 0.15) is 16.4 Å². The first-order chi connectivity index (χ1) is 19.7. The fourth-order valence-corrected chi connectivity index (χ4v) is 8.17. The third-order valence-electron chi connectivity index (χ3n) is 7.04. The summed E-state index contributed by atoms with van der Waals surface area (Å²) in [7, 11) is 1.54. The van der Waals surface area contributed by atoms with Gasteiger partial charge in [0.05, 0.1) is 23.7 Å². The summed E-state index contributed by atoms with van der Waals surface area (Å²) in [5.74, 6) is -1.87. The van der Waals surface area contributed by atoms with Crippen molar-refractivity contribution >= 4 is 75.4 Å². The molecular weight excluding hydrogens is 605 g/mol. The van der Waals surface area contributed by atoms with Crippen molar-refractivity contribution < 1.29 is 19.1 Å². The van der Waals surface area contributed by atoms with Gasteiger partial charge in [-0.15, -0.1) is 0 Å². The molecule has 3 atom stereocenters. The average Bonchev–Trinajstić information content (AvgIpc) is 3.41. The minimum absolute atomic E-state index is 0.255. The lowest BCUT2D eigenvalue weighted by molar-refractivity contribution is -0.122. The Hall–Kier alpha value is -3.57. The monoisotopic (exact) mass is 625 g/mol. The number of methoxy groups -OCH3 is 1. The summed E-state index contributed by atoms with van der Waals surface area (Å²) >= 11 is 14.2. The number of fused-ring (bicyclic) bond motifs is 2. The fraction of sp³-hybridized carbons (Fsp3) is 0.172. The summed E-state index contributed by atoms with van der Waals surface area (Å²) in [6.07, 6.45) is 0. The van der Waals surface area contributed by atoms with Crippen molar-refractivity contribution in [2.75, 3.05) is 17.3 Å². The maximum Gasteiger partial charge on any atom is 0.308 e. The molecule has 3 heterocycles. The van der Waals surface area contributed by atoms with Gasteiger partial charge in [0.1, 0.15) is 17.5 Å². The normalized spacial score (nSPS) is 19.6. The van der Waals surface area contributed by atoms with Crippen molar-refractivity contribution in [2.24, 2.45) is 5.92 Å². The molecule has 1 fully saturated rings. The summed E-state index contributed by atoms with van der Waals surface area (Å²) in [4.78, 5) is 55.5. The molecule has 2 aliphatic heterocycles. The van der Waals surface area contributed by atoms with Crippen molar-refractivity contribution in [2.45, 2.75) is 22.7 Å². The van der Waals surface area contributed by atoms with Crippen LogP contribution in [-0.2, 0) is 20.9 Å². The summed E-state index contributed by atoms with van der Waals surface area (Å²) in [6, 6.07) is 20.4. The highest BCUT2D eigenvalue weighted by Gasteiger charge is 2.56. The molecular formula is C29H21Cl2N3O5S2. The first-order valence-corrected chi connectivity index (χ1v) is 14.9. The maximum absolute atomic E-state index is 13.9. The van der Waals surface area contributed by atoms with E-state index >= 15 is 0 Å². The number of hydrogen-bond donors (Lipinski definition) is 1. The Labute approximate surface area is 252 Å². The van der Waals surface area contributed by atoms with Crippen molar-refractivity contribution in [3.05, 3.63) is 103 Å². The topological polar surface area (TPSA) is 97.7 Å². The Morgan fingerprint density at radius 2 is 1.54 bits per heavy atom. The predicted molar refractivity (Wildman–Crippen MR) is 161 cm³/mol. The molecule has 0 aliphatic carbocycles. The van der Waals surface area contributed by atoms with E-state index in [1.807, 2.05) is 0 Å². The van der Waals surface area contributed by atoms with E-state index in [0.717, 1.165) is 28.7 Å². The zero-order valence-electron chi connectivity index (χ0n) is 21.4. The molecule has 2 aliphatic rings. The van der Waals surface area contributed by atoms with Gasteiger partial charge in [0.25, 0.3) is 0 Å². The smallest absolute Gasteiger partial charge is 0.308 e. The lowest BCUT2D eigenvalue weighted by Crippen LogP contribution is -2.33. The number of amides is 3. The van der Waals surface area contributed by atoms with Gasteiger partial charge in [-0.2, -0.15) is 0 Å². The zero-order chi connectivity index (χ0) is 28.8. The summed E-state index contributed by atoms with van der Waals surface area (Å²) in [5.41, 5.74) is 1.73. The average molecular weight is 627 g/mol. The Kier molecular flexibility index (Phi) is 7.41. The number of hydrogen-bond acceptors (Lipinski definition) is 7. The van der Waals surface area contributed by atoms with Crippen LogP contribution in [0, 0.1) is 5.92 Å². The first-order valence-electron chi connectivity index (χ1n) is 12.5. The van der Waals surface area contributed by atoms with Gasteiger partial charge in [0.2, 0.25) is 17.7 Å². The number of carbonyl (C=O) groups is 3. The van der Waals surface area contributed by atoms with Crippen LogP contribution < -0.4 is 19.8 Å². The number of imide groups is 1. The second kappa shape index (κ2) is 11.0. The molecule has 0 bridgehead atoms. The molecule has 0 spiro atoms. The molecule has 3 unspecified atom stereocenters. The lowest BCUT2D eigenvalue weighted by atomic mass is 9.83. The van der Waals surface area contributed by atoms with Crippen LogP contribution >= 0.6 is 46.3 Å². The predicted octanol–water partition coefficient (Wildman–Crippen LogP) is 5.66. The second-order valence-electron chi connectivity index (χ2n) is 9.48. The number of rotatable bonds is 6. The van der Waals surface area contributed by atoms with Crippen molar-refractivity contribution in [3.63, 3.8) is 0 Å². The van der Waals surface area contributed by atoms with Crippen molar-refractivity contribution in [1.82, 2.24) is 4.57 Å². The highest BCUT2D eigenvalue weighted by molar-refractivity contribution is 8.00. The summed E-state index contributed by atoms with van der Waals surface area (Å²) in [6.45, 7) is -0.255. The van der Waals surface area contributed by atoms with Crippen molar-refractivity contribution in [1.29, 1.82) is 0 Å². The van der Waals surface area contributed by atoms with Crippen LogP contribution in [0.4, 0.5) is 11.4 Å². The molecule has 12 heteroatoms. The molecule has 0 radical (unpaired) electrons. The maximum atomic E-state index is 13.9. The number of ether oxygens (including phenoxy) is 1. The number of benzene rings is 3. The van der Waals surface area contributed by atoms with Crippen molar-refractivity contribution in [3.8, 4) is 5.75 Å². The molecule has 0 saturated carbocycles. The van der Waals surface area contributed by atoms with Gasteiger partial charge in [0, 0.05) is 26.5 Å². The Bertz CT molecular complexity index is 1720. The van der Waals surface area contributed by atoms with E-state index in [9.17, 15) is 19.2 Å². The number of nitrogens with zero attached hydrogens (tertiary/aromatic N) is 2. The molecule has 208 valence electrons. The zero-order valence-corrected chi connectivity index (χ0v) is 24.5.